The van der Waals surface area contributed by atoms with Crippen LogP contribution in [0.2, 0.25) is 0 Å². The summed E-state index contributed by atoms with van der Waals surface area (Å²) in [5.74, 6) is -3.60. The van der Waals surface area contributed by atoms with Gasteiger partial charge in [-0.1, -0.05) is 12.1 Å². The van der Waals surface area contributed by atoms with Crippen molar-refractivity contribution in [3.8, 4) is 6.07 Å². The van der Waals surface area contributed by atoms with Gasteiger partial charge in [-0.15, -0.1) is 0 Å². The van der Waals surface area contributed by atoms with Crippen LogP contribution in [0, 0.1) is 28.8 Å². The average Bonchev–Trinajstić information content (AvgIpc) is 3.54. The lowest BCUT2D eigenvalue weighted by Gasteiger charge is -2.35. The molecule has 2 unspecified atom stereocenters. The van der Waals surface area contributed by atoms with Crippen molar-refractivity contribution in [1.29, 1.82) is 5.26 Å². The van der Waals surface area contributed by atoms with Gasteiger partial charge >= 0.3 is 12.1 Å². The molecule has 40 heavy (non-hydrogen) atoms. The Kier molecular flexibility index (Phi) is 7.67. The molecule has 2 saturated heterocycles. The molecule has 2 aromatic rings. The number of primary amides is 1. The van der Waals surface area contributed by atoms with E-state index in [1.54, 1.807) is 6.07 Å². The molecule has 2 aliphatic heterocycles. The summed E-state index contributed by atoms with van der Waals surface area (Å²) in [6, 6.07) is 7.06. The fourth-order valence-electron chi connectivity index (χ4n) is 6.14. The number of carbonyl (C=O) groups is 3. The maximum Gasteiger partial charge on any atom is 0.419 e. The van der Waals surface area contributed by atoms with Crippen LogP contribution in [0.5, 0.6) is 0 Å². The number of ether oxygens (including phenoxy) is 1. The minimum absolute atomic E-state index is 0.00535. The summed E-state index contributed by atoms with van der Waals surface area (Å²) in [5.41, 5.74) is 6.61. The predicted molar refractivity (Wildman–Crippen MR) is 135 cm³/mol. The van der Waals surface area contributed by atoms with Gasteiger partial charge in [0.25, 0.3) is 5.91 Å². The van der Waals surface area contributed by atoms with Crippen LogP contribution in [0.4, 0.5) is 22.8 Å². The molecule has 3 N–H and O–H groups in total. The third-order valence-corrected chi connectivity index (χ3v) is 8.11. The molecule has 1 saturated carbocycles. The van der Waals surface area contributed by atoms with E-state index >= 15 is 0 Å². The number of rotatable bonds is 5. The Labute approximate surface area is 228 Å². The second-order valence-corrected chi connectivity index (χ2v) is 10.5. The first-order valence-electron chi connectivity index (χ1n) is 13.1. The van der Waals surface area contributed by atoms with Crippen molar-refractivity contribution in [2.24, 2.45) is 5.73 Å². The minimum atomic E-state index is -1.55. The zero-order valence-corrected chi connectivity index (χ0v) is 21.5. The highest BCUT2D eigenvalue weighted by atomic mass is 19.2. The van der Waals surface area contributed by atoms with Gasteiger partial charge in [0, 0.05) is 25.2 Å². The van der Waals surface area contributed by atoms with Crippen molar-refractivity contribution in [1.82, 2.24) is 15.1 Å². The molecule has 3 atom stereocenters. The predicted octanol–water partition coefficient (Wildman–Crippen LogP) is 3.83. The van der Waals surface area contributed by atoms with E-state index in [1.165, 1.54) is 18.2 Å². The molecule has 5 rings (SSSR count). The Morgan fingerprint density at radius 1 is 1.02 bits per heavy atom. The lowest BCUT2D eigenvalue weighted by atomic mass is 9.80. The fourth-order valence-corrected chi connectivity index (χ4v) is 6.14. The largest absolute Gasteiger partial charge is 0.433 e. The first-order chi connectivity index (χ1) is 19.2. The summed E-state index contributed by atoms with van der Waals surface area (Å²) in [4.78, 5) is 40.7. The number of nitrogens with zero attached hydrogens (tertiary/aromatic N) is 3. The fraction of sp³-hybridized carbons (Fsp3) is 0.429. The van der Waals surface area contributed by atoms with Crippen molar-refractivity contribution >= 4 is 18.0 Å². The van der Waals surface area contributed by atoms with Crippen molar-refractivity contribution in [3.05, 3.63) is 70.5 Å². The van der Waals surface area contributed by atoms with Crippen molar-refractivity contribution in [2.45, 2.75) is 62.3 Å². The van der Waals surface area contributed by atoms with Crippen molar-refractivity contribution in [2.75, 3.05) is 13.1 Å². The molecular weight excluding hydrogens is 527 g/mol. The number of nitrogens with one attached hydrogen (secondary N) is 1. The number of urea groups is 1. The van der Waals surface area contributed by atoms with E-state index in [0.29, 0.717) is 23.4 Å². The monoisotopic (exact) mass is 555 g/mol. The molecular formula is C28H28F3N5O4. The maximum absolute atomic E-state index is 13.9. The molecule has 210 valence electrons. The Balaban J connectivity index is 1.21. The number of benzene rings is 2. The lowest BCUT2D eigenvalue weighted by molar-refractivity contribution is -0.125. The van der Waals surface area contributed by atoms with E-state index in [1.807, 2.05) is 0 Å². The second-order valence-electron chi connectivity index (χ2n) is 10.5. The summed E-state index contributed by atoms with van der Waals surface area (Å²) < 4.78 is 46.0. The first kappa shape index (κ1) is 27.5. The highest BCUT2D eigenvalue weighted by Gasteiger charge is 2.50. The molecule has 9 nitrogen and oxygen atoms in total. The molecule has 3 aliphatic rings. The van der Waals surface area contributed by atoms with Gasteiger partial charge in [0.2, 0.25) is 6.10 Å². The molecule has 1 aliphatic carbocycles. The molecule has 3 fully saturated rings. The molecule has 0 radical (unpaired) electrons. The molecule has 0 aromatic heterocycles. The average molecular weight is 556 g/mol. The van der Waals surface area contributed by atoms with Gasteiger partial charge in [0.1, 0.15) is 11.9 Å². The number of cyclic esters (lactones) is 1. The van der Waals surface area contributed by atoms with Crippen LogP contribution in [0.25, 0.3) is 0 Å². The summed E-state index contributed by atoms with van der Waals surface area (Å²) >= 11 is 0. The number of amides is 4. The van der Waals surface area contributed by atoms with E-state index in [2.05, 4.69) is 16.3 Å². The van der Waals surface area contributed by atoms with Crippen LogP contribution in [0.3, 0.4) is 0 Å². The zero-order valence-electron chi connectivity index (χ0n) is 21.5. The molecule has 12 heteroatoms. The number of hydrogen-bond donors (Lipinski definition) is 2. The number of carbonyl (C=O) groups excluding carboxylic acids is 3. The molecule has 2 aromatic carbocycles. The Hall–Kier alpha value is -4.11. The van der Waals surface area contributed by atoms with E-state index in [0.717, 1.165) is 49.9 Å². The second kappa shape index (κ2) is 11.2. The Morgan fingerprint density at radius 3 is 2.45 bits per heavy atom. The van der Waals surface area contributed by atoms with E-state index in [-0.39, 0.29) is 23.6 Å². The Morgan fingerprint density at radius 2 is 1.77 bits per heavy atom. The summed E-state index contributed by atoms with van der Waals surface area (Å²) in [6.45, 7) is 1.26. The number of halogens is 3. The highest BCUT2D eigenvalue weighted by molar-refractivity contribution is 5.97. The number of nitriles is 1. The van der Waals surface area contributed by atoms with E-state index < -0.39 is 47.6 Å². The lowest BCUT2D eigenvalue weighted by Crippen LogP contribution is -2.48. The standard InChI is InChI=1S/C28H28F3N5O4/c29-18-4-7-21(17(11-18)13-32)15-1-5-20(6-2-15)35-10-9-19(14-35)34-27(38)36-24(25(26(33)37)40-28(36)39)16-3-8-22(30)23(31)12-16/h3-4,7-8,11-12,15,19-20,24-25H,1-2,5-6,9-10,14H2,(H2,33,37)(H,34,38)/t15?,19-,20?,24?,25?/m1/s1. The summed E-state index contributed by atoms with van der Waals surface area (Å²) in [7, 11) is 0. The smallest absolute Gasteiger partial charge is 0.419 e. The van der Waals surface area contributed by atoms with Crippen LogP contribution >= 0.6 is 0 Å². The SMILES string of the molecule is N#Cc1cc(F)ccc1C1CCC(N2CC[C@@H](NC(=O)N3C(=O)OC(C(N)=O)C3c3ccc(F)c(F)c3)C2)CC1. The van der Waals surface area contributed by atoms with Crippen LogP contribution in [-0.4, -0.2) is 59.1 Å². The highest BCUT2D eigenvalue weighted by Crippen LogP contribution is 2.38. The van der Waals surface area contributed by atoms with Gasteiger partial charge in [-0.05, 0) is 73.4 Å². The molecule has 2 heterocycles. The van der Waals surface area contributed by atoms with Crippen LogP contribution in [-0.2, 0) is 9.53 Å². The zero-order chi connectivity index (χ0) is 28.6. The van der Waals surface area contributed by atoms with Crippen LogP contribution < -0.4 is 11.1 Å². The van der Waals surface area contributed by atoms with E-state index in [4.69, 9.17) is 10.5 Å². The summed E-state index contributed by atoms with van der Waals surface area (Å²) in [6.07, 6.45) is 1.42. The maximum atomic E-state index is 13.9. The molecule has 0 bridgehead atoms. The Bertz CT molecular complexity index is 1370. The van der Waals surface area contributed by atoms with Gasteiger partial charge in [-0.2, -0.15) is 5.26 Å². The van der Waals surface area contributed by atoms with Gasteiger partial charge in [-0.3, -0.25) is 9.69 Å². The molecule has 0 spiro atoms. The first-order valence-corrected chi connectivity index (χ1v) is 13.1. The number of hydrogen-bond acceptors (Lipinski definition) is 6. The topological polar surface area (TPSA) is 129 Å². The number of nitrogens with two attached hydrogens (primary N) is 1. The van der Waals surface area contributed by atoms with Crippen molar-refractivity contribution < 1.29 is 32.3 Å². The van der Waals surface area contributed by atoms with Gasteiger partial charge < -0.3 is 15.8 Å². The van der Waals surface area contributed by atoms with Crippen LogP contribution in [0.15, 0.2) is 36.4 Å². The third kappa shape index (κ3) is 5.34. The van der Waals surface area contributed by atoms with Gasteiger partial charge in [0.15, 0.2) is 11.6 Å². The minimum Gasteiger partial charge on any atom is -0.433 e. The third-order valence-electron chi connectivity index (χ3n) is 8.11. The van der Waals surface area contributed by atoms with Crippen molar-refractivity contribution in [3.63, 3.8) is 0 Å². The van der Waals surface area contributed by atoms with Gasteiger partial charge in [0.05, 0.1) is 11.6 Å². The molecule has 4 amide bonds. The van der Waals surface area contributed by atoms with E-state index in [9.17, 15) is 32.8 Å². The van der Waals surface area contributed by atoms with Crippen LogP contribution in [0.1, 0.15) is 60.8 Å². The van der Waals surface area contributed by atoms with Gasteiger partial charge in [-0.25, -0.2) is 27.7 Å². The number of imide groups is 1. The summed E-state index contributed by atoms with van der Waals surface area (Å²) in [5, 5.41) is 12.2. The quantitative estimate of drug-likeness (QED) is 0.577. The number of likely N-dealkylation sites (tertiary alicyclic amines) is 1. The normalized spacial score (nSPS) is 26.8.